The smallest absolute Gasteiger partial charge is 0.221 e. The van der Waals surface area contributed by atoms with Gasteiger partial charge in [-0.25, -0.2) is 4.98 Å². The predicted octanol–water partition coefficient (Wildman–Crippen LogP) is 2.50. The molecule has 0 bridgehead atoms. The maximum absolute atomic E-state index is 5.70. The fraction of sp³-hybridized carbons (Fsp3) is 0.500. The summed E-state index contributed by atoms with van der Waals surface area (Å²) in [5.41, 5.74) is 7.88. The van der Waals surface area contributed by atoms with Crippen molar-refractivity contribution in [3.8, 4) is 0 Å². The number of nitrogens with two attached hydrogens (primary N) is 1. The molecular formula is C14H18N2O3. The number of ether oxygens (including phenoxy) is 2. The van der Waals surface area contributed by atoms with Gasteiger partial charge in [0.1, 0.15) is 12.1 Å². The number of hydrogen-bond donors (Lipinski definition) is 1. The number of rotatable bonds is 4. The quantitative estimate of drug-likeness (QED) is 0.857. The summed E-state index contributed by atoms with van der Waals surface area (Å²) in [7, 11) is 0. The Labute approximate surface area is 111 Å². The molecule has 0 radical (unpaired) electrons. The van der Waals surface area contributed by atoms with Crippen LogP contribution in [0.2, 0.25) is 0 Å². The van der Waals surface area contributed by atoms with Crippen LogP contribution in [0.4, 0.5) is 5.69 Å². The van der Waals surface area contributed by atoms with E-state index in [1.54, 1.807) is 6.07 Å². The average Bonchev–Trinajstić information content (AvgIpc) is 2.82. The molecule has 19 heavy (non-hydrogen) atoms. The number of fused-ring (bicyclic) bond motifs is 1. The maximum Gasteiger partial charge on any atom is 0.221 e. The Morgan fingerprint density at radius 1 is 1.37 bits per heavy atom. The molecule has 1 atom stereocenters. The lowest BCUT2D eigenvalue weighted by Gasteiger charge is -2.21. The number of nitrogens with zero attached hydrogens (tertiary/aromatic N) is 1. The van der Waals surface area contributed by atoms with E-state index in [0.29, 0.717) is 30.4 Å². The van der Waals surface area contributed by atoms with E-state index in [0.717, 1.165) is 25.0 Å². The van der Waals surface area contributed by atoms with Gasteiger partial charge in [0.05, 0.1) is 12.7 Å². The highest BCUT2D eigenvalue weighted by Crippen LogP contribution is 2.19. The fourth-order valence-electron chi connectivity index (χ4n) is 2.27. The molecule has 5 nitrogen and oxygen atoms in total. The average molecular weight is 262 g/mol. The van der Waals surface area contributed by atoms with Gasteiger partial charge in [-0.1, -0.05) is 0 Å². The molecule has 1 aromatic heterocycles. The highest BCUT2D eigenvalue weighted by molar-refractivity contribution is 5.76. The lowest BCUT2D eigenvalue weighted by atomic mass is 10.1. The zero-order chi connectivity index (χ0) is 13.1. The van der Waals surface area contributed by atoms with E-state index < -0.39 is 0 Å². The van der Waals surface area contributed by atoms with Crippen molar-refractivity contribution in [1.29, 1.82) is 0 Å². The summed E-state index contributed by atoms with van der Waals surface area (Å²) in [6.45, 7) is 1.81. The molecule has 3 rings (SSSR count). The molecule has 1 unspecified atom stereocenters. The molecule has 102 valence electrons. The second-order valence-electron chi connectivity index (χ2n) is 4.84. The Balaban J connectivity index is 1.56. The van der Waals surface area contributed by atoms with Gasteiger partial charge in [0.15, 0.2) is 5.58 Å². The number of benzene rings is 1. The van der Waals surface area contributed by atoms with Crippen molar-refractivity contribution in [1.82, 2.24) is 4.98 Å². The third kappa shape index (κ3) is 3.05. The van der Waals surface area contributed by atoms with Gasteiger partial charge in [0, 0.05) is 18.4 Å². The summed E-state index contributed by atoms with van der Waals surface area (Å²) in [5, 5.41) is 0. The molecule has 2 aromatic rings. The number of nitrogen functional groups attached to an aromatic ring is 1. The molecule has 2 heterocycles. The fourth-order valence-corrected chi connectivity index (χ4v) is 2.27. The van der Waals surface area contributed by atoms with Crippen LogP contribution in [0.25, 0.3) is 11.1 Å². The summed E-state index contributed by atoms with van der Waals surface area (Å²) in [6, 6.07) is 5.43. The van der Waals surface area contributed by atoms with Crippen LogP contribution in [0.1, 0.15) is 25.2 Å². The maximum atomic E-state index is 5.70. The molecule has 1 aliphatic heterocycles. The lowest BCUT2D eigenvalue weighted by Crippen LogP contribution is -2.24. The van der Waals surface area contributed by atoms with E-state index in [9.17, 15) is 0 Å². The van der Waals surface area contributed by atoms with Crippen molar-refractivity contribution in [2.24, 2.45) is 0 Å². The number of anilines is 1. The van der Waals surface area contributed by atoms with E-state index in [4.69, 9.17) is 19.6 Å². The summed E-state index contributed by atoms with van der Waals surface area (Å²) in [5.74, 6) is 0.580. The molecule has 1 aliphatic rings. The minimum absolute atomic E-state index is 0.216. The van der Waals surface area contributed by atoms with Gasteiger partial charge >= 0.3 is 0 Å². The monoisotopic (exact) mass is 262 g/mol. The van der Waals surface area contributed by atoms with Crippen LogP contribution in [-0.4, -0.2) is 24.3 Å². The van der Waals surface area contributed by atoms with E-state index in [1.165, 1.54) is 6.42 Å². The van der Waals surface area contributed by atoms with Gasteiger partial charge in [-0.05, 0) is 31.4 Å². The first-order chi connectivity index (χ1) is 9.31. The summed E-state index contributed by atoms with van der Waals surface area (Å²) >= 11 is 0. The Hall–Kier alpha value is -1.59. The number of hydrogen-bond acceptors (Lipinski definition) is 5. The predicted molar refractivity (Wildman–Crippen MR) is 71.7 cm³/mol. The van der Waals surface area contributed by atoms with E-state index in [1.807, 2.05) is 12.1 Å². The molecule has 0 saturated carbocycles. The van der Waals surface area contributed by atoms with Gasteiger partial charge in [-0.2, -0.15) is 0 Å². The second-order valence-corrected chi connectivity index (χ2v) is 4.84. The van der Waals surface area contributed by atoms with E-state index in [2.05, 4.69) is 4.98 Å². The normalized spacial score (nSPS) is 19.9. The first-order valence-electron chi connectivity index (χ1n) is 6.65. The molecule has 1 fully saturated rings. The molecular weight excluding hydrogens is 244 g/mol. The first kappa shape index (κ1) is 12.4. The van der Waals surface area contributed by atoms with Crippen LogP contribution in [-0.2, 0) is 16.1 Å². The number of oxazole rings is 1. The Morgan fingerprint density at radius 2 is 2.32 bits per heavy atom. The second kappa shape index (κ2) is 5.59. The van der Waals surface area contributed by atoms with Crippen molar-refractivity contribution >= 4 is 16.8 Å². The van der Waals surface area contributed by atoms with Gasteiger partial charge in [-0.15, -0.1) is 0 Å². The van der Waals surface area contributed by atoms with Crippen LogP contribution in [0, 0.1) is 0 Å². The minimum Gasteiger partial charge on any atom is -0.438 e. The van der Waals surface area contributed by atoms with Crippen molar-refractivity contribution in [3.63, 3.8) is 0 Å². The topological polar surface area (TPSA) is 70.5 Å². The summed E-state index contributed by atoms with van der Waals surface area (Å²) < 4.78 is 16.8. The van der Waals surface area contributed by atoms with Crippen LogP contribution < -0.4 is 5.73 Å². The molecule has 0 spiro atoms. The molecule has 0 amide bonds. The summed E-state index contributed by atoms with van der Waals surface area (Å²) in [4.78, 5) is 4.35. The Kier molecular flexibility index (Phi) is 3.66. The van der Waals surface area contributed by atoms with E-state index >= 15 is 0 Å². The number of aromatic nitrogens is 1. The molecule has 5 heteroatoms. The third-order valence-corrected chi connectivity index (χ3v) is 3.26. The highest BCUT2D eigenvalue weighted by Gasteiger charge is 2.14. The van der Waals surface area contributed by atoms with Crippen LogP contribution in [0.15, 0.2) is 22.6 Å². The molecule has 1 saturated heterocycles. The van der Waals surface area contributed by atoms with Gasteiger partial charge in [-0.3, -0.25) is 0 Å². The lowest BCUT2D eigenvalue weighted by molar-refractivity contribution is -0.0477. The summed E-state index contributed by atoms with van der Waals surface area (Å²) in [6.07, 6.45) is 3.66. The first-order valence-corrected chi connectivity index (χ1v) is 6.65. The van der Waals surface area contributed by atoms with Crippen LogP contribution >= 0.6 is 0 Å². The van der Waals surface area contributed by atoms with Crippen molar-refractivity contribution in [3.05, 3.63) is 24.1 Å². The van der Waals surface area contributed by atoms with E-state index in [-0.39, 0.29) is 6.10 Å². The van der Waals surface area contributed by atoms with Crippen molar-refractivity contribution < 1.29 is 13.9 Å². The molecule has 2 N–H and O–H groups in total. The largest absolute Gasteiger partial charge is 0.438 e. The van der Waals surface area contributed by atoms with Crippen LogP contribution in [0.3, 0.4) is 0 Å². The zero-order valence-electron chi connectivity index (χ0n) is 10.8. The third-order valence-electron chi connectivity index (χ3n) is 3.26. The van der Waals surface area contributed by atoms with Gasteiger partial charge < -0.3 is 19.6 Å². The molecule has 1 aromatic carbocycles. The van der Waals surface area contributed by atoms with Gasteiger partial charge in [0.2, 0.25) is 5.89 Å². The van der Waals surface area contributed by atoms with Crippen molar-refractivity contribution in [2.75, 3.05) is 18.9 Å². The minimum atomic E-state index is 0.216. The highest BCUT2D eigenvalue weighted by atomic mass is 16.5. The Bertz CT molecular complexity index is 547. The van der Waals surface area contributed by atoms with Crippen LogP contribution in [0.5, 0.6) is 0 Å². The molecule has 0 aliphatic carbocycles. The van der Waals surface area contributed by atoms with Gasteiger partial charge in [0.25, 0.3) is 0 Å². The zero-order valence-corrected chi connectivity index (χ0v) is 10.8. The van der Waals surface area contributed by atoms with Crippen molar-refractivity contribution in [2.45, 2.75) is 32.0 Å². The standard InChI is InChI=1S/C14H18N2O3/c15-10-4-5-12-13(7-10)19-14(16-12)9-17-8-11-3-1-2-6-18-11/h4-5,7,11H,1-3,6,8-9,15H2. The Morgan fingerprint density at radius 3 is 3.16 bits per heavy atom. The SMILES string of the molecule is Nc1ccc2nc(COCC3CCCCO3)oc2c1.